The van der Waals surface area contributed by atoms with Crippen molar-refractivity contribution >= 4 is 0 Å². The summed E-state index contributed by atoms with van der Waals surface area (Å²) in [6, 6.07) is 0.756. The minimum atomic E-state index is 0.364. The summed E-state index contributed by atoms with van der Waals surface area (Å²) in [5.41, 5.74) is 0.364. The summed E-state index contributed by atoms with van der Waals surface area (Å²) in [5, 5.41) is 3.75. The van der Waals surface area contributed by atoms with E-state index < -0.39 is 0 Å². The lowest BCUT2D eigenvalue weighted by atomic mass is 9.83. The van der Waals surface area contributed by atoms with Gasteiger partial charge in [-0.2, -0.15) is 0 Å². The maximum atomic E-state index is 3.75. The number of nitrogens with one attached hydrogen (secondary N) is 1. The number of likely N-dealkylation sites (tertiary alicyclic amines) is 1. The van der Waals surface area contributed by atoms with E-state index in [9.17, 15) is 0 Å². The van der Waals surface area contributed by atoms with Gasteiger partial charge in [-0.05, 0) is 51.5 Å². The van der Waals surface area contributed by atoms with Crippen molar-refractivity contribution in [2.45, 2.75) is 65.0 Å². The molecule has 2 fully saturated rings. The van der Waals surface area contributed by atoms with E-state index in [1.54, 1.807) is 0 Å². The largest absolute Gasteiger partial charge is 0.310 e. The third-order valence-corrected chi connectivity index (χ3v) is 4.98. The van der Waals surface area contributed by atoms with Gasteiger partial charge in [-0.3, -0.25) is 4.90 Å². The zero-order chi connectivity index (χ0) is 12.5. The van der Waals surface area contributed by atoms with Gasteiger partial charge in [0.05, 0.1) is 0 Å². The fraction of sp³-hybridized carbons (Fsp3) is 1.00. The van der Waals surface area contributed by atoms with Crippen LogP contribution >= 0.6 is 0 Å². The van der Waals surface area contributed by atoms with Crippen molar-refractivity contribution < 1.29 is 0 Å². The zero-order valence-electron chi connectivity index (χ0n) is 12.1. The van der Waals surface area contributed by atoms with E-state index in [0.717, 1.165) is 17.9 Å². The molecule has 0 aromatic heterocycles. The van der Waals surface area contributed by atoms with Crippen LogP contribution in [0.25, 0.3) is 0 Å². The van der Waals surface area contributed by atoms with Crippen LogP contribution < -0.4 is 5.32 Å². The van der Waals surface area contributed by atoms with Crippen molar-refractivity contribution in [1.29, 1.82) is 0 Å². The summed E-state index contributed by atoms with van der Waals surface area (Å²) >= 11 is 0. The van der Waals surface area contributed by atoms with E-state index >= 15 is 0 Å². The van der Waals surface area contributed by atoms with Gasteiger partial charge in [0.1, 0.15) is 0 Å². The summed E-state index contributed by atoms with van der Waals surface area (Å²) < 4.78 is 0. The molecular formula is C15H30N2. The number of hydrogen-bond acceptors (Lipinski definition) is 2. The lowest BCUT2D eigenvalue weighted by Crippen LogP contribution is -2.58. The molecule has 0 radical (unpaired) electrons. The Hall–Kier alpha value is -0.0800. The highest BCUT2D eigenvalue weighted by Crippen LogP contribution is 2.29. The quantitative estimate of drug-likeness (QED) is 0.796. The van der Waals surface area contributed by atoms with Gasteiger partial charge in [0.25, 0.3) is 0 Å². The molecule has 2 heterocycles. The number of piperidine rings is 2. The molecule has 0 bridgehead atoms. The molecule has 0 saturated carbocycles. The molecule has 0 spiro atoms. The molecule has 0 aromatic carbocycles. The molecule has 2 aliphatic rings. The summed E-state index contributed by atoms with van der Waals surface area (Å²) in [6.45, 7) is 13.4. The minimum absolute atomic E-state index is 0.364. The highest BCUT2D eigenvalue weighted by Gasteiger charge is 2.34. The van der Waals surface area contributed by atoms with Gasteiger partial charge in [0, 0.05) is 24.7 Å². The molecule has 2 saturated heterocycles. The smallest absolute Gasteiger partial charge is 0.0280 e. The average Bonchev–Trinajstić information content (AvgIpc) is 2.26. The molecule has 0 aliphatic carbocycles. The molecule has 2 aliphatic heterocycles. The molecule has 1 N–H and O–H groups in total. The standard InChI is InChI=1S/C15H30N2/c1-12-9-13(2)14(3)17(10-12)11-15(4)7-5-6-8-16-15/h12-14,16H,5-11H2,1-4H3. The lowest BCUT2D eigenvalue weighted by Gasteiger charge is -2.46. The van der Waals surface area contributed by atoms with E-state index in [1.807, 2.05) is 0 Å². The Labute approximate surface area is 107 Å². The Balaban J connectivity index is 1.96. The van der Waals surface area contributed by atoms with Gasteiger partial charge in [0.2, 0.25) is 0 Å². The second kappa shape index (κ2) is 5.27. The first-order valence-corrected chi connectivity index (χ1v) is 7.49. The van der Waals surface area contributed by atoms with Crippen LogP contribution in [0.15, 0.2) is 0 Å². The monoisotopic (exact) mass is 238 g/mol. The highest BCUT2D eigenvalue weighted by molar-refractivity contribution is 4.93. The summed E-state index contributed by atoms with van der Waals surface area (Å²) in [5.74, 6) is 1.72. The predicted octanol–water partition coefficient (Wildman–Crippen LogP) is 2.89. The Morgan fingerprint density at radius 3 is 2.65 bits per heavy atom. The Morgan fingerprint density at radius 1 is 1.24 bits per heavy atom. The third-order valence-electron chi connectivity index (χ3n) is 4.98. The van der Waals surface area contributed by atoms with Crippen molar-refractivity contribution in [1.82, 2.24) is 10.2 Å². The summed E-state index contributed by atoms with van der Waals surface area (Å²) in [7, 11) is 0. The SMILES string of the molecule is CC1CC(C)C(C)N(CC2(C)CCCCN2)C1. The Kier molecular flexibility index (Phi) is 4.14. The normalized spacial score (nSPS) is 44.8. The van der Waals surface area contributed by atoms with Gasteiger partial charge in [-0.1, -0.05) is 20.3 Å². The maximum Gasteiger partial charge on any atom is 0.0280 e. The molecule has 100 valence electrons. The number of hydrogen-bond donors (Lipinski definition) is 1. The van der Waals surface area contributed by atoms with Gasteiger partial charge in [-0.25, -0.2) is 0 Å². The third kappa shape index (κ3) is 3.23. The zero-order valence-corrected chi connectivity index (χ0v) is 12.1. The van der Waals surface area contributed by atoms with Gasteiger partial charge in [0.15, 0.2) is 0 Å². The Bertz CT molecular complexity index is 245. The van der Waals surface area contributed by atoms with Crippen LogP contribution in [0.1, 0.15) is 53.4 Å². The van der Waals surface area contributed by atoms with Crippen LogP contribution in [-0.2, 0) is 0 Å². The summed E-state index contributed by atoms with van der Waals surface area (Å²) in [4.78, 5) is 2.73. The van der Waals surface area contributed by atoms with Crippen molar-refractivity contribution in [2.24, 2.45) is 11.8 Å². The fourth-order valence-electron chi connectivity index (χ4n) is 3.74. The molecular weight excluding hydrogens is 208 g/mol. The molecule has 4 unspecified atom stereocenters. The van der Waals surface area contributed by atoms with Crippen LogP contribution in [0.2, 0.25) is 0 Å². The molecule has 2 nitrogen and oxygen atoms in total. The first-order chi connectivity index (χ1) is 8.00. The molecule has 2 heteroatoms. The van der Waals surface area contributed by atoms with Crippen LogP contribution in [0, 0.1) is 11.8 Å². The number of nitrogens with zero attached hydrogens (tertiary/aromatic N) is 1. The van der Waals surface area contributed by atoms with Crippen molar-refractivity contribution in [3.05, 3.63) is 0 Å². The van der Waals surface area contributed by atoms with E-state index in [2.05, 4.69) is 37.9 Å². The van der Waals surface area contributed by atoms with Crippen LogP contribution in [0.5, 0.6) is 0 Å². The average molecular weight is 238 g/mol. The first-order valence-electron chi connectivity index (χ1n) is 7.49. The molecule has 4 atom stereocenters. The predicted molar refractivity (Wildman–Crippen MR) is 74.2 cm³/mol. The van der Waals surface area contributed by atoms with E-state index in [1.165, 1.54) is 45.3 Å². The topological polar surface area (TPSA) is 15.3 Å². The first kappa shape index (κ1) is 13.4. The molecule has 0 aromatic rings. The molecule has 17 heavy (non-hydrogen) atoms. The van der Waals surface area contributed by atoms with Crippen molar-refractivity contribution in [2.75, 3.05) is 19.6 Å². The second-order valence-electron chi connectivity index (χ2n) is 6.93. The van der Waals surface area contributed by atoms with Crippen LogP contribution in [-0.4, -0.2) is 36.1 Å². The Morgan fingerprint density at radius 2 is 2.00 bits per heavy atom. The van der Waals surface area contributed by atoms with Crippen molar-refractivity contribution in [3.8, 4) is 0 Å². The van der Waals surface area contributed by atoms with E-state index in [0.29, 0.717) is 5.54 Å². The van der Waals surface area contributed by atoms with Crippen molar-refractivity contribution in [3.63, 3.8) is 0 Å². The van der Waals surface area contributed by atoms with Gasteiger partial charge < -0.3 is 5.32 Å². The van der Waals surface area contributed by atoms with Crippen LogP contribution in [0.3, 0.4) is 0 Å². The minimum Gasteiger partial charge on any atom is -0.310 e. The second-order valence-corrected chi connectivity index (χ2v) is 6.93. The van der Waals surface area contributed by atoms with E-state index in [-0.39, 0.29) is 0 Å². The van der Waals surface area contributed by atoms with Gasteiger partial charge in [-0.15, -0.1) is 0 Å². The van der Waals surface area contributed by atoms with E-state index in [4.69, 9.17) is 0 Å². The molecule has 2 rings (SSSR count). The van der Waals surface area contributed by atoms with Gasteiger partial charge >= 0.3 is 0 Å². The summed E-state index contributed by atoms with van der Waals surface area (Å²) in [6.07, 6.45) is 5.51. The maximum absolute atomic E-state index is 3.75. The fourth-order valence-corrected chi connectivity index (χ4v) is 3.74. The molecule has 0 amide bonds. The number of rotatable bonds is 2. The lowest BCUT2D eigenvalue weighted by molar-refractivity contribution is 0.0470. The van der Waals surface area contributed by atoms with Crippen LogP contribution in [0.4, 0.5) is 0 Å². The highest BCUT2D eigenvalue weighted by atomic mass is 15.2.